The van der Waals surface area contributed by atoms with Crippen molar-refractivity contribution in [2.24, 2.45) is 11.1 Å². The molecule has 4 heteroatoms. The van der Waals surface area contributed by atoms with E-state index in [-0.39, 0.29) is 27.2 Å². The van der Waals surface area contributed by atoms with Crippen molar-refractivity contribution in [2.45, 2.75) is 138 Å². The predicted octanol–water partition coefficient (Wildman–Crippen LogP) is 9.21. The molecule has 0 heterocycles. The van der Waals surface area contributed by atoms with Crippen LogP contribution in [0.2, 0.25) is 0 Å². The first-order valence-corrected chi connectivity index (χ1v) is 16.3. The molecular formula is C39H66N2O2. The van der Waals surface area contributed by atoms with Crippen LogP contribution in [0.3, 0.4) is 0 Å². The third-order valence-corrected chi connectivity index (χ3v) is 8.11. The monoisotopic (exact) mass is 595 g/mol. The van der Waals surface area contributed by atoms with E-state index in [1.54, 1.807) is 0 Å². The number of nitrogens with two attached hydrogens (primary N) is 1. The molecule has 0 aliphatic heterocycles. The Morgan fingerprint density at radius 3 is 1.58 bits per heavy atom. The summed E-state index contributed by atoms with van der Waals surface area (Å²) in [6.07, 6.45) is 2.65. The first kappa shape index (κ1) is 37.1. The molecule has 0 spiro atoms. The van der Waals surface area contributed by atoms with Crippen LogP contribution < -0.4 is 15.2 Å². The number of rotatable bonds is 11. The molecule has 0 saturated heterocycles. The number of likely N-dealkylation sites (N-methyl/N-ethyl adjacent to an activating group) is 1. The van der Waals surface area contributed by atoms with E-state index >= 15 is 0 Å². The van der Waals surface area contributed by atoms with Gasteiger partial charge >= 0.3 is 0 Å². The molecule has 244 valence electrons. The first-order valence-electron chi connectivity index (χ1n) is 16.3. The molecule has 4 nitrogen and oxygen atoms in total. The number of benzene rings is 2. The summed E-state index contributed by atoms with van der Waals surface area (Å²) < 4.78 is 13.0. The highest BCUT2D eigenvalue weighted by molar-refractivity contribution is 5.55. The third kappa shape index (κ3) is 11.4. The molecule has 2 aromatic rings. The summed E-state index contributed by atoms with van der Waals surface area (Å²) in [5.41, 5.74) is 13.9. The topological polar surface area (TPSA) is 47.7 Å². The van der Waals surface area contributed by atoms with Gasteiger partial charge in [-0.3, -0.25) is 0 Å². The van der Waals surface area contributed by atoms with Crippen molar-refractivity contribution in [1.29, 1.82) is 0 Å². The van der Waals surface area contributed by atoms with Crippen LogP contribution in [-0.2, 0) is 29.1 Å². The van der Waals surface area contributed by atoms with E-state index in [2.05, 4.69) is 133 Å². The van der Waals surface area contributed by atoms with Gasteiger partial charge in [0.15, 0.2) is 0 Å². The lowest BCUT2D eigenvalue weighted by molar-refractivity contribution is 0.222. The van der Waals surface area contributed by atoms with Gasteiger partial charge in [-0.1, -0.05) is 107 Å². The maximum atomic E-state index is 6.81. The highest BCUT2D eigenvalue weighted by Crippen LogP contribution is 2.42. The van der Waals surface area contributed by atoms with Crippen LogP contribution in [0.1, 0.15) is 137 Å². The summed E-state index contributed by atoms with van der Waals surface area (Å²) in [5.74, 6) is 2.03. The molecule has 0 unspecified atom stereocenters. The molecule has 0 fully saturated rings. The molecule has 2 N–H and O–H groups in total. The van der Waals surface area contributed by atoms with Crippen molar-refractivity contribution in [3.8, 4) is 11.5 Å². The van der Waals surface area contributed by atoms with Gasteiger partial charge in [-0.05, 0) is 89.8 Å². The van der Waals surface area contributed by atoms with E-state index in [9.17, 15) is 0 Å². The zero-order valence-corrected chi connectivity index (χ0v) is 30.9. The van der Waals surface area contributed by atoms with Crippen LogP contribution in [-0.4, -0.2) is 44.3 Å². The second-order valence-corrected chi connectivity index (χ2v) is 17.9. The van der Waals surface area contributed by atoms with Crippen LogP contribution in [0.4, 0.5) is 0 Å². The summed E-state index contributed by atoms with van der Waals surface area (Å²) in [5, 5.41) is 0. The zero-order chi connectivity index (χ0) is 33.2. The minimum atomic E-state index is -0.169. The molecule has 0 aliphatic rings. The van der Waals surface area contributed by atoms with Gasteiger partial charge in [-0.15, -0.1) is 0 Å². The highest BCUT2D eigenvalue weighted by atomic mass is 16.5. The predicted molar refractivity (Wildman–Crippen MR) is 187 cm³/mol. The van der Waals surface area contributed by atoms with Gasteiger partial charge in [-0.2, -0.15) is 0 Å². The molecule has 0 amide bonds. The average molecular weight is 595 g/mol. The molecule has 0 bridgehead atoms. The van der Waals surface area contributed by atoms with E-state index in [1.165, 1.54) is 33.4 Å². The minimum Gasteiger partial charge on any atom is -0.496 e. The fourth-order valence-corrected chi connectivity index (χ4v) is 5.36. The number of methoxy groups -OCH3 is 1. The van der Waals surface area contributed by atoms with Crippen molar-refractivity contribution in [3.63, 3.8) is 0 Å². The highest BCUT2D eigenvalue weighted by Gasteiger charge is 2.28. The van der Waals surface area contributed by atoms with Crippen molar-refractivity contribution in [3.05, 3.63) is 57.6 Å². The van der Waals surface area contributed by atoms with Gasteiger partial charge in [0.05, 0.1) is 7.11 Å². The molecule has 0 aliphatic carbocycles. The van der Waals surface area contributed by atoms with Gasteiger partial charge in [-0.25, -0.2) is 0 Å². The van der Waals surface area contributed by atoms with Gasteiger partial charge in [0, 0.05) is 24.1 Å². The minimum absolute atomic E-state index is 0.0169. The maximum absolute atomic E-state index is 6.81. The summed E-state index contributed by atoms with van der Waals surface area (Å²) >= 11 is 0. The van der Waals surface area contributed by atoms with E-state index in [4.69, 9.17) is 15.2 Å². The Morgan fingerprint density at radius 2 is 1.14 bits per heavy atom. The molecule has 43 heavy (non-hydrogen) atoms. The largest absolute Gasteiger partial charge is 0.496 e. The second kappa shape index (κ2) is 13.5. The summed E-state index contributed by atoms with van der Waals surface area (Å²) in [6.45, 7) is 34.2. The Labute approximate surface area is 266 Å². The Hall–Kier alpha value is -2.04. The average Bonchev–Trinajstić information content (AvgIpc) is 2.80. The van der Waals surface area contributed by atoms with E-state index in [1.807, 2.05) is 7.11 Å². The van der Waals surface area contributed by atoms with Gasteiger partial charge in [0.2, 0.25) is 0 Å². The van der Waals surface area contributed by atoms with Gasteiger partial charge < -0.3 is 20.1 Å². The molecule has 0 radical (unpaired) electrons. The molecule has 0 saturated carbocycles. The smallest absolute Gasteiger partial charge is 0.126 e. The molecule has 2 aromatic carbocycles. The van der Waals surface area contributed by atoms with E-state index < -0.39 is 0 Å². The van der Waals surface area contributed by atoms with Gasteiger partial charge in [0.25, 0.3) is 0 Å². The Bertz CT molecular complexity index is 1210. The number of nitrogens with zero attached hydrogens (tertiary/aromatic N) is 1. The van der Waals surface area contributed by atoms with Crippen molar-refractivity contribution in [1.82, 2.24) is 4.90 Å². The fraction of sp³-hybridized carbons (Fsp3) is 0.692. The molecular weight excluding hydrogens is 528 g/mol. The van der Waals surface area contributed by atoms with Crippen LogP contribution in [0.5, 0.6) is 11.5 Å². The normalized spacial score (nSPS) is 13.5. The molecule has 0 aromatic heterocycles. The Kier molecular flexibility index (Phi) is 11.7. The SMILES string of the molecule is COc1c(Cc2cc(C(C)(C)C)cc(CC(C)(C)C)c2OCCN(C)CCC(C)(C)N)cc(C(C)(C)C)cc1C(C)(C)C. The van der Waals surface area contributed by atoms with E-state index in [0.29, 0.717) is 6.61 Å². The molecule has 2 rings (SSSR count). The lowest BCUT2D eigenvalue weighted by atomic mass is 9.77. The van der Waals surface area contributed by atoms with Crippen LogP contribution in [0.25, 0.3) is 0 Å². The first-order chi connectivity index (χ1) is 19.3. The molecule has 0 atom stereocenters. The lowest BCUT2D eigenvalue weighted by Crippen LogP contribution is -2.37. The van der Waals surface area contributed by atoms with Crippen LogP contribution in [0, 0.1) is 5.41 Å². The number of hydrogen-bond acceptors (Lipinski definition) is 4. The summed E-state index contributed by atoms with van der Waals surface area (Å²) in [7, 11) is 3.98. The second-order valence-electron chi connectivity index (χ2n) is 17.9. The third-order valence-electron chi connectivity index (χ3n) is 8.11. The van der Waals surface area contributed by atoms with Crippen LogP contribution >= 0.6 is 0 Å². The number of ether oxygens (including phenoxy) is 2. The fourth-order valence-electron chi connectivity index (χ4n) is 5.36. The Morgan fingerprint density at radius 1 is 0.651 bits per heavy atom. The van der Waals surface area contributed by atoms with Gasteiger partial charge in [0.1, 0.15) is 18.1 Å². The lowest BCUT2D eigenvalue weighted by Gasteiger charge is -2.30. The van der Waals surface area contributed by atoms with Crippen molar-refractivity contribution < 1.29 is 9.47 Å². The summed E-state index contributed by atoms with van der Waals surface area (Å²) in [6, 6.07) is 9.51. The number of hydrogen-bond donors (Lipinski definition) is 1. The van der Waals surface area contributed by atoms with Crippen LogP contribution in [0.15, 0.2) is 24.3 Å². The zero-order valence-electron chi connectivity index (χ0n) is 30.9. The summed E-state index contributed by atoms with van der Waals surface area (Å²) in [4.78, 5) is 2.33. The van der Waals surface area contributed by atoms with Crippen molar-refractivity contribution in [2.75, 3.05) is 33.9 Å². The van der Waals surface area contributed by atoms with E-state index in [0.717, 1.165) is 43.9 Å². The maximum Gasteiger partial charge on any atom is 0.126 e. The Balaban J connectivity index is 2.73. The quantitative estimate of drug-likeness (QED) is 0.282. The van der Waals surface area contributed by atoms with Crippen molar-refractivity contribution >= 4 is 0 Å². The standard InChI is InChI=1S/C39H66N2O2/c1-35(2,3)26-29-24-30(36(4,5)6)22-27(33(29)43-20-19-41(15)18-17-39(13,14)40)21-28-23-31(37(7,8)9)25-32(34(28)42-16)38(10,11)12/h22-25H,17-21,26,40H2,1-16H3.